The monoisotopic (exact) mass is 237 g/mol. The zero-order valence-corrected chi connectivity index (χ0v) is 9.89. The third-order valence-corrected chi connectivity index (χ3v) is 2.87. The van der Waals surface area contributed by atoms with Gasteiger partial charge in [-0.2, -0.15) is 0 Å². The van der Waals surface area contributed by atoms with Crippen molar-refractivity contribution in [1.82, 2.24) is 4.98 Å². The number of methoxy groups -OCH3 is 1. The molecule has 1 N–H and O–H groups in total. The van der Waals surface area contributed by atoms with Gasteiger partial charge in [-0.1, -0.05) is 11.6 Å². The van der Waals surface area contributed by atoms with E-state index in [1.54, 1.807) is 0 Å². The van der Waals surface area contributed by atoms with Gasteiger partial charge in [-0.15, -0.1) is 0 Å². The standard InChI is InChI=1S/C12H12ClNO2/c1-7-9(6-12(15)16-2)10-5-8(13)3-4-11(10)14-7/h3-5,14H,6H2,1-2H3. The second-order valence-corrected chi connectivity index (χ2v) is 4.11. The van der Waals surface area contributed by atoms with Gasteiger partial charge in [0.15, 0.2) is 0 Å². The number of hydrogen-bond acceptors (Lipinski definition) is 2. The average molecular weight is 238 g/mol. The lowest BCUT2D eigenvalue weighted by atomic mass is 10.1. The van der Waals surface area contributed by atoms with Gasteiger partial charge in [0, 0.05) is 21.6 Å². The summed E-state index contributed by atoms with van der Waals surface area (Å²) in [6.07, 6.45) is 0.267. The topological polar surface area (TPSA) is 42.1 Å². The number of aromatic nitrogens is 1. The summed E-state index contributed by atoms with van der Waals surface area (Å²) in [5, 5.41) is 1.65. The number of fused-ring (bicyclic) bond motifs is 1. The smallest absolute Gasteiger partial charge is 0.310 e. The molecule has 0 spiro atoms. The van der Waals surface area contributed by atoms with Crippen LogP contribution in [0.5, 0.6) is 0 Å². The Kier molecular flexibility index (Phi) is 2.88. The summed E-state index contributed by atoms with van der Waals surface area (Å²) in [6, 6.07) is 5.59. The third kappa shape index (κ3) is 1.91. The lowest BCUT2D eigenvalue weighted by Gasteiger charge is -2.00. The summed E-state index contributed by atoms with van der Waals surface area (Å²) in [4.78, 5) is 14.5. The molecular weight excluding hydrogens is 226 g/mol. The van der Waals surface area contributed by atoms with Crippen molar-refractivity contribution in [3.05, 3.63) is 34.5 Å². The van der Waals surface area contributed by atoms with E-state index in [9.17, 15) is 4.79 Å². The number of aryl methyl sites for hydroxylation is 1. The number of ether oxygens (including phenoxy) is 1. The molecule has 0 fully saturated rings. The number of nitrogens with one attached hydrogen (secondary N) is 1. The van der Waals surface area contributed by atoms with Crippen LogP contribution in [0.4, 0.5) is 0 Å². The van der Waals surface area contributed by atoms with E-state index in [4.69, 9.17) is 11.6 Å². The molecule has 0 amide bonds. The Bertz CT molecular complexity index is 545. The van der Waals surface area contributed by atoms with E-state index < -0.39 is 0 Å². The molecule has 0 unspecified atom stereocenters. The molecule has 1 aromatic heterocycles. The van der Waals surface area contributed by atoms with Crippen LogP contribution in [0.25, 0.3) is 10.9 Å². The molecule has 0 aliphatic heterocycles. The minimum atomic E-state index is -0.246. The van der Waals surface area contributed by atoms with Gasteiger partial charge in [-0.25, -0.2) is 0 Å². The molecule has 4 heteroatoms. The van der Waals surface area contributed by atoms with Crippen molar-refractivity contribution in [2.24, 2.45) is 0 Å². The van der Waals surface area contributed by atoms with Gasteiger partial charge >= 0.3 is 5.97 Å². The highest BCUT2D eigenvalue weighted by Gasteiger charge is 2.12. The molecule has 0 saturated carbocycles. The maximum Gasteiger partial charge on any atom is 0.310 e. The van der Waals surface area contributed by atoms with Gasteiger partial charge in [0.05, 0.1) is 13.5 Å². The SMILES string of the molecule is COC(=O)Cc1c(C)[nH]c2ccc(Cl)cc12. The number of H-pyrrole nitrogens is 1. The Morgan fingerprint density at radius 1 is 1.50 bits per heavy atom. The number of aromatic amines is 1. The highest BCUT2D eigenvalue weighted by Crippen LogP contribution is 2.25. The van der Waals surface area contributed by atoms with Gasteiger partial charge in [-0.05, 0) is 30.7 Å². The Morgan fingerprint density at radius 3 is 2.94 bits per heavy atom. The summed E-state index contributed by atoms with van der Waals surface area (Å²) in [6.45, 7) is 1.94. The van der Waals surface area contributed by atoms with E-state index >= 15 is 0 Å². The summed E-state index contributed by atoms with van der Waals surface area (Å²) < 4.78 is 4.67. The molecule has 84 valence electrons. The lowest BCUT2D eigenvalue weighted by molar-refractivity contribution is -0.139. The van der Waals surface area contributed by atoms with Crippen LogP contribution < -0.4 is 0 Å². The van der Waals surface area contributed by atoms with Crippen molar-refractivity contribution in [1.29, 1.82) is 0 Å². The summed E-state index contributed by atoms with van der Waals surface area (Å²) >= 11 is 5.94. The van der Waals surface area contributed by atoms with Crippen molar-refractivity contribution >= 4 is 28.5 Å². The number of rotatable bonds is 2. The zero-order chi connectivity index (χ0) is 11.7. The summed E-state index contributed by atoms with van der Waals surface area (Å²) in [7, 11) is 1.39. The van der Waals surface area contributed by atoms with Crippen molar-refractivity contribution in [2.75, 3.05) is 7.11 Å². The third-order valence-electron chi connectivity index (χ3n) is 2.63. The number of halogens is 1. The second kappa shape index (κ2) is 4.18. The minimum absolute atomic E-state index is 0.246. The van der Waals surface area contributed by atoms with Crippen molar-refractivity contribution < 1.29 is 9.53 Å². The normalized spacial score (nSPS) is 10.7. The van der Waals surface area contributed by atoms with E-state index in [1.165, 1.54) is 7.11 Å². The Morgan fingerprint density at radius 2 is 2.25 bits per heavy atom. The van der Waals surface area contributed by atoms with Gasteiger partial charge in [0.25, 0.3) is 0 Å². The first kappa shape index (κ1) is 11.0. The van der Waals surface area contributed by atoms with Crippen molar-refractivity contribution in [2.45, 2.75) is 13.3 Å². The molecule has 2 aromatic rings. The predicted molar refractivity (Wildman–Crippen MR) is 63.8 cm³/mol. The molecule has 0 aliphatic rings. The maximum atomic E-state index is 11.3. The van der Waals surface area contributed by atoms with Gasteiger partial charge < -0.3 is 9.72 Å². The van der Waals surface area contributed by atoms with Crippen LogP contribution >= 0.6 is 11.6 Å². The first-order valence-corrected chi connectivity index (χ1v) is 5.33. The van der Waals surface area contributed by atoms with Crippen LogP contribution in [-0.2, 0) is 16.0 Å². The number of carbonyl (C=O) groups is 1. The van der Waals surface area contributed by atoms with E-state index in [-0.39, 0.29) is 12.4 Å². The Balaban J connectivity index is 2.54. The zero-order valence-electron chi connectivity index (χ0n) is 9.13. The average Bonchev–Trinajstić information content (AvgIpc) is 2.55. The summed E-state index contributed by atoms with van der Waals surface area (Å²) in [5.41, 5.74) is 2.91. The molecule has 0 aliphatic carbocycles. The highest BCUT2D eigenvalue weighted by atomic mass is 35.5. The van der Waals surface area contributed by atoms with Crippen molar-refractivity contribution in [3.63, 3.8) is 0 Å². The van der Waals surface area contributed by atoms with E-state index in [2.05, 4.69) is 9.72 Å². The van der Waals surface area contributed by atoms with Crippen LogP contribution in [0.1, 0.15) is 11.3 Å². The molecule has 1 aromatic carbocycles. The number of esters is 1. The fourth-order valence-corrected chi connectivity index (χ4v) is 1.97. The Hall–Kier alpha value is -1.48. The van der Waals surface area contributed by atoms with Gasteiger partial charge in [0.1, 0.15) is 0 Å². The Labute approximate surface area is 98.4 Å². The number of carbonyl (C=O) groups excluding carboxylic acids is 1. The maximum absolute atomic E-state index is 11.3. The lowest BCUT2D eigenvalue weighted by Crippen LogP contribution is -2.04. The van der Waals surface area contributed by atoms with Crippen LogP contribution in [0.2, 0.25) is 5.02 Å². The molecule has 1 heterocycles. The predicted octanol–water partition coefficient (Wildman–Crippen LogP) is 2.85. The molecule has 2 rings (SSSR count). The van der Waals surface area contributed by atoms with E-state index in [0.29, 0.717) is 5.02 Å². The molecular formula is C12H12ClNO2. The molecule has 0 saturated heterocycles. The van der Waals surface area contributed by atoms with Crippen LogP contribution in [0.3, 0.4) is 0 Å². The van der Waals surface area contributed by atoms with E-state index in [1.807, 2.05) is 25.1 Å². The van der Waals surface area contributed by atoms with Crippen LogP contribution in [0.15, 0.2) is 18.2 Å². The van der Waals surface area contributed by atoms with Gasteiger partial charge in [0.2, 0.25) is 0 Å². The largest absolute Gasteiger partial charge is 0.469 e. The quantitative estimate of drug-likeness (QED) is 0.816. The fourth-order valence-electron chi connectivity index (χ4n) is 1.80. The number of hydrogen-bond donors (Lipinski definition) is 1. The van der Waals surface area contributed by atoms with Gasteiger partial charge in [-0.3, -0.25) is 4.79 Å². The number of benzene rings is 1. The first-order chi connectivity index (χ1) is 7.61. The fraction of sp³-hybridized carbons (Fsp3) is 0.250. The first-order valence-electron chi connectivity index (χ1n) is 4.95. The molecule has 0 atom stereocenters. The summed E-state index contributed by atoms with van der Waals surface area (Å²) in [5.74, 6) is -0.246. The molecule has 16 heavy (non-hydrogen) atoms. The molecule has 0 bridgehead atoms. The highest BCUT2D eigenvalue weighted by molar-refractivity contribution is 6.31. The van der Waals surface area contributed by atoms with Crippen LogP contribution in [-0.4, -0.2) is 18.1 Å². The minimum Gasteiger partial charge on any atom is -0.469 e. The van der Waals surface area contributed by atoms with Crippen LogP contribution in [0, 0.1) is 6.92 Å². The van der Waals surface area contributed by atoms with E-state index in [0.717, 1.165) is 22.2 Å². The second-order valence-electron chi connectivity index (χ2n) is 3.67. The molecule has 0 radical (unpaired) electrons. The van der Waals surface area contributed by atoms with Crippen molar-refractivity contribution in [3.8, 4) is 0 Å². The molecule has 3 nitrogen and oxygen atoms in total.